The van der Waals surface area contributed by atoms with Crippen molar-refractivity contribution in [2.45, 2.75) is 36.8 Å². The molecular weight excluding hydrogens is 560 g/mol. The second kappa shape index (κ2) is 12.7. The van der Waals surface area contributed by atoms with Gasteiger partial charge in [-0.25, -0.2) is 13.2 Å². The highest BCUT2D eigenvalue weighted by Crippen LogP contribution is 2.25. The molecule has 1 aromatic heterocycles. The number of ether oxygens (including phenoxy) is 1. The van der Waals surface area contributed by atoms with Crippen LogP contribution < -0.4 is 30.7 Å². The normalized spacial score (nSPS) is 15.0. The zero-order valence-electron chi connectivity index (χ0n) is 23.1. The smallest absolute Gasteiger partial charge is 0.323 e. The van der Waals surface area contributed by atoms with E-state index in [0.717, 1.165) is 31.6 Å². The van der Waals surface area contributed by atoms with Crippen LogP contribution in [0.15, 0.2) is 76.4 Å². The largest absolute Gasteiger partial charge is 0.489 e. The number of para-hydroxylation sites is 1. The van der Waals surface area contributed by atoms with E-state index in [1.807, 2.05) is 12.1 Å². The minimum atomic E-state index is -3.78. The average molecular weight is 595 g/mol. The third kappa shape index (κ3) is 7.29. The molecule has 1 aliphatic heterocycles. The van der Waals surface area contributed by atoms with Gasteiger partial charge in [0.1, 0.15) is 24.0 Å². The summed E-state index contributed by atoms with van der Waals surface area (Å²) in [6.07, 6.45) is 1.07. The van der Waals surface area contributed by atoms with Crippen LogP contribution in [0.4, 0.5) is 17.1 Å². The van der Waals surface area contributed by atoms with Crippen LogP contribution >= 0.6 is 0 Å². The predicted molar refractivity (Wildman–Crippen MR) is 162 cm³/mol. The van der Waals surface area contributed by atoms with E-state index in [1.165, 1.54) is 19.1 Å². The molecule has 1 aliphatic rings. The number of rotatable bonds is 11. The molecule has 1 saturated heterocycles. The molecule has 1 fully saturated rings. The number of nitrogens with zero attached hydrogens (tertiary/aromatic N) is 1. The second-order valence-corrected chi connectivity index (χ2v) is 11.9. The van der Waals surface area contributed by atoms with Gasteiger partial charge in [0.15, 0.2) is 0 Å². The number of imidazole rings is 1. The number of H-pyrrole nitrogens is 2. The first-order chi connectivity index (χ1) is 20.2. The van der Waals surface area contributed by atoms with Crippen LogP contribution in [0.5, 0.6) is 5.75 Å². The van der Waals surface area contributed by atoms with Crippen LogP contribution in [0.25, 0.3) is 11.0 Å². The van der Waals surface area contributed by atoms with Crippen LogP contribution in [0.3, 0.4) is 0 Å². The van der Waals surface area contributed by atoms with E-state index in [2.05, 4.69) is 30.2 Å². The lowest BCUT2D eigenvalue weighted by molar-refractivity contribution is -0.114. The van der Waals surface area contributed by atoms with E-state index in [4.69, 9.17) is 4.74 Å². The summed E-state index contributed by atoms with van der Waals surface area (Å²) >= 11 is 0. The maximum atomic E-state index is 12.8. The molecule has 1 unspecified atom stereocenters. The highest BCUT2D eigenvalue weighted by molar-refractivity contribution is 7.92. The molecule has 12 nitrogen and oxygen atoms in total. The monoisotopic (exact) mass is 594 g/mol. The molecule has 5 rings (SSSR count). The molecule has 6 N–H and O–H groups in total. The molecule has 0 radical (unpaired) electrons. The summed E-state index contributed by atoms with van der Waals surface area (Å²) in [7, 11) is -3.78. The van der Waals surface area contributed by atoms with Gasteiger partial charge in [-0.2, -0.15) is 0 Å². The van der Waals surface area contributed by atoms with E-state index in [0.29, 0.717) is 34.7 Å². The topological polar surface area (TPSA) is 169 Å². The Balaban J connectivity index is 1.06. The van der Waals surface area contributed by atoms with E-state index in [9.17, 15) is 23.1 Å². The van der Waals surface area contributed by atoms with Gasteiger partial charge < -0.3 is 35.3 Å². The van der Waals surface area contributed by atoms with Crippen molar-refractivity contribution in [1.29, 1.82) is 0 Å². The number of hydrogen-bond donors (Lipinski definition) is 6. The Morgan fingerprint density at radius 2 is 1.71 bits per heavy atom. The van der Waals surface area contributed by atoms with Crippen LogP contribution in [-0.2, 0) is 14.8 Å². The van der Waals surface area contributed by atoms with Crippen molar-refractivity contribution in [3.8, 4) is 5.75 Å². The van der Waals surface area contributed by atoms with Crippen molar-refractivity contribution in [3.05, 3.63) is 77.2 Å². The molecule has 0 saturated carbocycles. The highest BCUT2D eigenvalue weighted by atomic mass is 32.2. The maximum Gasteiger partial charge on any atom is 0.323 e. The van der Waals surface area contributed by atoms with Crippen molar-refractivity contribution in [3.63, 3.8) is 0 Å². The Bertz CT molecular complexity index is 1680. The van der Waals surface area contributed by atoms with Gasteiger partial charge in [0.2, 0.25) is 5.91 Å². The number of hydrogen-bond acceptors (Lipinski definition) is 8. The summed E-state index contributed by atoms with van der Waals surface area (Å²) in [6, 6.07) is 18.8. The second-order valence-electron chi connectivity index (χ2n) is 10.3. The Kier molecular flexibility index (Phi) is 8.80. The van der Waals surface area contributed by atoms with E-state index >= 15 is 0 Å². The maximum absolute atomic E-state index is 12.8. The van der Waals surface area contributed by atoms with Gasteiger partial charge in [-0.3, -0.25) is 9.52 Å². The summed E-state index contributed by atoms with van der Waals surface area (Å²) in [5.74, 6) is 0.280. The first kappa shape index (κ1) is 29.2. The highest BCUT2D eigenvalue weighted by Gasteiger charge is 2.21. The third-order valence-corrected chi connectivity index (χ3v) is 8.45. The van der Waals surface area contributed by atoms with Crippen molar-refractivity contribution in [1.82, 2.24) is 15.3 Å². The van der Waals surface area contributed by atoms with Crippen LogP contribution in [-0.4, -0.2) is 67.8 Å². The zero-order valence-corrected chi connectivity index (χ0v) is 23.9. The molecule has 0 bridgehead atoms. The Labute approximate surface area is 243 Å². The number of carbonyl (C=O) groups is 1. The molecule has 13 heteroatoms. The SMILES string of the molecule is CC(=O)Nc1ccc(S(=O)(=O)Nc2ccc(N3CCC(NCC(O)COc4cccc5[nH]c(=O)[nH]c45)CC3)cc2)cc1. The number of aromatic amines is 2. The average Bonchev–Trinajstić information content (AvgIpc) is 3.36. The molecule has 0 aliphatic carbocycles. The number of amides is 1. The first-order valence-corrected chi connectivity index (χ1v) is 15.2. The third-order valence-electron chi connectivity index (χ3n) is 7.05. The summed E-state index contributed by atoms with van der Waals surface area (Å²) in [5.41, 5.74) is 2.90. The van der Waals surface area contributed by atoms with Crippen molar-refractivity contribution >= 4 is 44.0 Å². The minimum absolute atomic E-state index is 0.0939. The lowest BCUT2D eigenvalue weighted by Crippen LogP contribution is -2.45. The number of aliphatic hydroxyl groups is 1. The lowest BCUT2D eigenvalue weighted by Gasteiger charge is -2.34. The fraction of sp³-hybridized carbons (Fsp3) is 0.310. The number of aromatic nitrogens is 2. The molecule has 0 spiro atoms. The Hall–Kier alpha value is -4.33. The number of aliphatic hydroxyl groups excluding tert-OH is 1. The molecule has 4 aromatic rings. The summed E-state index contributed by atoms with van der Waals surface area (Å²) in [6.45, 7) is 3.50. The van der Waals surface area contributed by atoms with Gasteiger partial charge in [-0.05, 0) is 73.5 Å². The fourth-order valence-corrected chi connectivity index (χ4v) is 5.97. The molecule has 3 aromatic carbocycles. The molecular formula is C29H34N6O6S. The van der Waals surface area contributed by atoms with Crippen LogP contribution in [0.2, 0.25) is 0 Å². The standard InChI is InChI=1S/C29H34N6O6S/c1-19(36)31-21-7-11-25(12-8-21)42(39,40)34-22-5-9-23(10-6-22)35-15-13-20(14-16-35)30-17-24(37)18-41-27-4-2-3-26-28(27)33-29(38)32-26/h2-12,20,24,30,34,37H,13-18H2,1H3,(H,31,36)(H2,32,33,38). The summed E-state index contributed by atoms with van der Waals surface area (Å²) in [4.78, 5) is 30.5. The number of benzene rings is 3. The molecule has 42 heavy (non-hydrogen) atoms. The summed E-state index contributed by atoms with van der Waals surface area (Å²) < 4.78 is 33.9. The van der Waals surface area contributed by atoms with Gasteiger partial charge in [0.25, 0.3) is 10.0 Å². The van der Waals surface area contributed by atoms with Crippen LogP contribution in [0, 0.1) is 0 Å². The first-order valence-electron chi connectivity index (χ1n) is 13.7. The van der Waals surface area contributed by atoms with Crippen LogP contribution in [0.1, 0.15) is 19.8 Å². The van der Waals surface area contributed by atoms with Crippen molar-refractivity contribution in [2.24, 2.45) is 0 Å². The van der Waals surface area contributed by atoms with Gasteiger partial charge in [0.05, 0.1) is 10.4 Å². The lowest BCUT2D eigenvalue weighted by atomic mass is 10.0. The quantitative estimate of drug-likeness (QED) is 0.154. The number of nitrogens with one attached hydrogen (secondary N) is 5. The van der Waals surface area contributed by atoms with Gasteiger partial charge >= 0.3 is 5.69 Å². The molecule has 2 heterocycles. The molecule has 1 amide bonds. The van der Waals surface area contributed by atoms with E-state index < -0.39 is 16.1 Å². The zero-order chi connectivity index (χ0) is 29.7. The minimum Gasteiger partial charge on any atom is -0.489 e. The number of fused-ring (bicyclic) bond motifs is 1. The van der Waals surface area contributed by atoms with Gasteiger partial charge in [-0.15, -0.1) is 0 Å². The molecule has 222 valence electrons. The number of sulfonamides is 1. The Morgan fingerprint density at radius 1 is 1.02 bits per heavy atom. The molecule has 1 atom stereocenters. The van der Waals surface area contributed by atoms with Gasteiger partial charge in [-0.1, -0.05) is 6.07 Å². The van der Waals surface area contributed by atoms with Gasteiger partial charge in [0, 0.05) is 49.7 Å². The van der Waals surface area contributed by atoms with E-state index in [1.54, 1.807) is 42.5 Å². The fourth-order valence-electron chi connectivity index (χ4n) is 4.92. The predicted octanol–water partition coefficient (Wildman–Crippen LogP) is 2.61. The number of anilines is 3. The Morgan fingerprint density at radius 3 is 2.40 bits per heavy atom. The van der Waals surface area contributed by atoms with Crippen molar-refractivity contribution < 1.29 is 23.1 Å². The van der Waals surface area contributed by atoms with E-state index in [-0.39, 0.29) is 29.1 Å². The van der Waals surface area contributed by atoms with Crippen molar-refractivity contribution in [2.75, 3.05) is 41.2 Å². The number of piperidine rings is 1. The number of carbonyl (C=O) groups excluding carboxylic acids is 1. The summed E-state index contributed by atoms with van der Waals surface area (Å²) in [5, 5.41) is 16.5.